The molecule has 0 radical (unpaired) electrons. The predicted octanol–water partition coefficient (Wildman–Crippen LogP) is 3.52. The Kier molecular flexibility index (Phi) is 6.80. The van der Waals surface area contributed by atoms with E-state index in [0.717, 1.165) is 20.7 Å². The maximum absolute atomic E-state index is 12.9. The predicted molar refractivity (Wildman–Crippen MR) is 117 cm³/mol. The number of amides is 1. The first kappa shape index (κ1) is 21.5. The van der Waals surface area contributed by atoms with Crippen molar-refractivity contribution in [3.05, 3.63) is 85.0 Å². The second kappa shape index (κ2) is 9.51. The van der Waals surface area contributed by atoms with Crippen LogP contribution in [0.25, 0.3) is 0 Å². The second-order valence-electron chi connectivity index (χ2n) is 7.01. The lowest BCUT2D eigenvalue weighted by Crippen LogP contribution is -2.37. The molecule has 30 heavy (non-hydrogen) atoms. The van der Waals surface area contributed by atoms with Crippen LogP contribution in [0.15, 0.2) is 46.6 Å². The molecule has 0 bridgehead atoms. The molecule has 1 aromatic carbocycles. The van der Waals surface area contributed by atoms with Crippen molar-refractivity contribution in [3.8, 4) is 6.07 Å². The van der Waals surface area contributed by atoms with Gasteiger partial charge in [-0.25, -0.2) is 4.68 Å². The van der Waals surface area contributed by atoms with Crippen LogP contribution in [0, 0.1) is 18.3 Å². The third-order valence-electron chi connectivity index (χ3n) is 4.98. The number of carbonyl (C=O) groups excluding carboxylic acids is 1. The highest BCUT2D eigenvalue weighted by Crippen LogP contribution is 2.26. The Labute approximate surface area is 179 Å². The maximum atomic E-state index is 12.9. The Hall–Kier alpha value is -3.24. The van der Waals surface area contributed by atoms with Gasteiger partial charge in [0.25, 0.3) is 5.56 Å². The first-order chi connectivity index (χ1) is 14.5. The number of thiophene rings is 1. The van der Waals surface area contributed by atoms with Crippen molar-refractivity contribution in [2.24, 2.45) is 0 Å². The molecule has 2 aromatic heterocycles. The Balaban J connectivity index is 1.90. The monoisotopic (exact) mass is 420 g/mol. The Morgan fingerprint density at radius 1 is 1.23 bits per heavy atom. The Morgan fingerprint density at radius 3 is 2.53 bits per heavy atom. The number of nitriles is 1. The fourth-order valence-electron chi connectivity index (χ4n) is 3.42. The van der Waals surface area contributed by atoms with E-state index in [9.17, 15) is 14.9 Å². The highest BCUT2D eigenvalue weighted by molar-refractivity contribution is 7.10. The molecule has 1 N–H and O–H groups in total. The number of aromatic nitrogens is 2. The molecular formula is C23H24N4O2S. The van der Waals surface area contributed by atoms with Crippen LogP contribution in [0.4, 0.5) is 0 Å². The zero-order chi connectivity index (χ0) is 21.7. The first-order valence-electron chi connectivity index (χ1n) is 9.90. The number of hydrogen-bond acceptors (Lipinski definition) is 5. The van der Waals surface area contributed by atoms with Gasteiger partial charge >= 0.3 is 0 Å². The maximum Gasteiger partial charge on any atom is 0.285 e. The van der Waals surface area contributed by atoms with Crippen LogP contribution in [0.2, 0.25) is 0 Å². The van der Waals surface area contributed by atoms with E-state index in [2.05, 4.69) is 10.4 Å². The van der Waals surface area contributed by atoms with Gasteiger partial charge in [-0.2, -0.15) is 10.4 Å². The van der Waals surface area contributed by atoms with Gasteiger partial charge in [0, 0.05) is 4.88 Å². The molecule has 0 saturated heterocycles. The summed E-state index contributed by atoms with van der Waals surface area (Å²) in [6.45, 7) is 5.58. The van der Waals surface area contributed by atoms with E-state index in [4.69, 9.17) is 0 Å². The van der Waals surface area contributed by atoms with Gasteiger partial charge in [0.05, 0.1) is 11.7 Å². The molecule has 3 rings (SSSR count). The number of nitrogens with zero attached hydrogens (tertiary/aromatic N) is 3. The minimum absolute atomic E-state index is 0.0745. The average molecular weight is 421 g/mol. The highest BCUT2D eigenvalue weighted by atomic mass is 32.1. The van der Waals surface area contributed by atoms with Gasteiger partial charge in [0.1, 0.15) is 18.2 Å². The first-order valence-corrected chi connectivity index (χ1v) is 10.8. The van der Waals surface area contributed by atoms with Gasteiger partial charge in [-0.3, -0.25) is 9.59 Å². The lowest BCUT2D eigenvalue weighted by Gasteiger charge is -2.19. The van der Waals surface area contributed by atoms with Crippen LogP contribution >= 0.6 is 11.3 Å². The van der Waals surface area contributed by atoms with Gasteiger partial charge in [-0.1, -0.05) is 49.7 Å². The van der Waals surface area contributed by atoms with Crippen molar-refractivity contribution >= 4 is 17.2 Å². The molecule has 154 valence electrons. The van der Waals surface area contributed by atoms with Gasteiger partial charge in [-0.05, 0) is 42.3 Å². The van der Waals surface area contributed by atoms with Crippen LogP contribution in [0.1, 0.15) is 52.7 Å². The van der Waals surface area contributed by atoms with Crippen molar-refractivity contribution in [2.75, 3.05) is 0 Å². The van der Waals surface area contributed by atoms with E-state index in [-0.39, 0.29) is 24.1 Å². The summed E-state index contributed by atoms with van der Waals surface area (Å²) in [5, 5.41) is 18.8. The standard InChI is InChI=1S/C23H24N4O2S/c1-4-17-18(13-24)23(29)27(26-19(17)5-2)14-21(28)25-22(20-7-6-12-30-20)16-10-8-15(3)9-11-16/h6-12,22H,4-5,14H2,1-3H3,(H,25,28). The molecule has 0 aliphatic heterocycles. The van der Waals surface area contributed by atoms with E-state index in [1.807, 2.05) is 68.6 Å². The zero-order valence-corrected chi connectivity index (χ0v) is 18.1. The molecule has 3 aromatic rings. The van der Waals surface area contributed by atoms with Crippen LogP contribution in [-0.2, 0) is 24.2 Å². The normalized spacial score (nSPS) is 11.7. The largest absolute Gasteiger partial charge is 0.343 e. The van der Waals surface area contributed by atoms with Gasteiger partial charge in [-0.15, -0.1) is 11.3 Å². The summed E-state index contributed by atoms with van der Waals surface area (Å²) in [6.07, 6.45) is 1.14. The molecular weight excluding hydrogens is 396 g/mol. The summed E-state index contributed by atoms with van der Waals surface area (Å²) < 4.78 is 1.10. The minimum atomic E-state index is -0.523. The molecule has 1 unspecified atom stereocenters. The average Bonchev–Trinajstić information content (AvgIpc) is 3.28. The molecule has 2 heterocycles. The molecule has 7 heteroatoms. The van der Waals surface area contributed by atoms with E-state index < -0.39 is 5.56 Å². The third-order valence-corrected chi connectivity index (χ3v) is 5.91. The summed E-state index contributed by atoms with van der Waals surface area (Å²) >= 11 is 1.56. The molecule has 1 atom stereocenters. The summed E-state index contributed by atoms with van der Waals surface area (Å²) in [5.74, 6) is -0.334. The van der Waals surface area contributed by atoms with Crippen LogP contribution in [-0.4, -0.2) is 15.7 Å². The number of rotatable bonds is 7. The summed E-state index contributed by atoms with van der Waals surface area (Å²) in [4.78, 5) is 26.6. The number of carbonyl (C=O) groups is 1. The number of nitrogens with one attached hydrogen (secondary N) is 1. The molecule has 0 fully saturated rings. The van der Waals surface area contributed by atoms with E-state index in [0.29, 0.717) is 24.1 Å². The summed E-state index contributed by atoms with van der Waals surface area (Å²) in [7, 11) is 0. The van der Waals surface area contributed by atoms with Gasteiger partial charge in [0.2, 0.25) is 5.91 Å². The number of benzene rings is 1. The van der Waals surface area contributed by atoms with Crippen molar-refractivity contribution in [1.29, 1.82) is 5.26 Å². The van der Waals surface area contributed by atoms with Crippen molar-refractivity contribution in [3.63, 3.8) is 0 Å². The zero-order valence-electron chi connectivity index (χ0n) is 17.3. The van der Waals surface area contributed by atoms with E-state index in [1.165, 1.54) is 0 Å². The highest BCUT2D eigenvalue weighted by Gasteiger charge is 2.21. The summed E-state index contributed by atoms with van der Waals surface area (Å²) in [6, 6.07) is 13.6. The molecule has 1 amide bonds. The van der Waals surface area contributed by atoms with Crippen LogP contribution in [0.3, 0.4) is 0 Å². The van der Waals surface area contributed by atoms with Crippen molar-refractivity contribution in [1.82, 2.24) is 15.1 Å². The lowest BCUT2D eigenvalue weighted by molar-refractivity contribution is -0.122. The van der Waals surface area contributed by atoms with Crippen LogP contribution < -0.4 is 10.9 Å². The van der Waals surface area contributed by atoms with E-state index in [1.54, 1.807) is 11.3 Å². The molecule has 0 aliphatic rings. The SMILES string of the molecule is CCc1nn(CC(=O)NC(c2ccc(C)cc2)c2cccs2)c(=O)c(C#N)c1CC. The minimum Gasteiger partial charge on any atom is -0.343 e. The second-order valence-corrected chi connectivity index (χ2v) is 7.99. The third kappa shape index (κ3) is 4.50. The topological polar surface area (TPSA) is 87.8 Å². The number of hydrogen-bond donors (Lipinski definition) is 1. The smallest absolute Gasteiger partial charge is 0.285 e. The number of aryl methyl sites for hydroxylation is 2. The Morgan fingerprint density at radius 2 is 1.97 bits per heavy atom. The molecule has 0 saturated carbocycles. The quantitative estimate of drug-likeness (QED) is 0.633. The molecule has 0 aliphatic carbocycles. The van der Waals surface area contributed by atoms with E-state index >= 15 is 0 Å². The van der Waals surface area contributed by atoms with Crippen LogP contribution in [0.5, 0.6) is 0 Å². The fraction of sp³-hybridized carbons (Fsp3) is 0.304. The lowest BCUT2D eigenvalue weighted by atomic mass is 10.0. The van der Waals surface area contributed by atoms with Gasteiger partial charge < -0.3 is 5.32 Å². The molecule has 6 nitrogen and oxygen atoms in total. The van der Waals surface area contributed by atoms with Gasteiger partial charge in [0.15, 0.2) is 0 Å². The fourth-order valence-corrected chi connectivity index (χ4v) is 4.22. The van der Waals surface area contributed by atoms with Crippen molar-refractivity contribution < 1.29 is 4.79 Å². The molecule has 0 spiro atoms. The summed E-state index contributed by atoms with van der Waals surface area (Å²) in [5.41, 5.74) is 2.99. The van der Waals surface area contributed by atoms with Crippen molar-refractivity contribution in [2.45, 2.75) is 46.2 Å². The Bertz CT molecular complexity index is 1130.